The van der Waals surface area contributed by atoms with Crippen LogP contribution in [0.25, 0.3) is 0 Å². The lowest BCUT2D eigenvalue weighted by Crippen LogP contribution is -2.41. The Bertz CT molecular complexity index is 792. The van der Waals surface area contributed by atoms with Crippen molar-refractivity contribution in [3.05, 3.63) is 65.5 Å². The molecule has 0 spiro atoms. The van der Waals surface area contributed by atoms with Gasteiger partial charge in [-0.05, 0) is 48.2 Å². The topological polar surface area (TPSA) is 67.4 Å². The summed E-state index contributed by atoms with van der Waals surface area (Å²) in [5, 5.41) is 5.72. The van der Waals surface area contributed by atoms with Crippen LogP contribution in [0.4, 0.5) is 4.39 Å². The second-order valence-electron chi connectivity index (χ2n) is 6.70. The van der Waals surface area contributed by atoms with Gasteiger partial charge in [0.05, 0.1) is 0 Å². The first-order valence-corrected chi connectivity index (χ1v) is 9.11. The highest BCUT2D eigenvalue weighted by molar-refractivity contribution is 5.80. The Balaban J connectivity index is 1.42. The maximum atomic E-state index is 13.2. The lowest BCUT2D eigenvalue weighted by molar-refractivity contribution is -0.125. The fourth-order valence-corrected chi connectivity index (χ4v) is 3.03. The molecular weight excluding hydrogens is 347 g/mol. The Morgan fingerprint density at radius 1 is 1.19 bits per heavy atom. The number of halogens is 1. The maximum absolute atomic E-state index is 13.2. The van der Waals surface area contributed by atoms with Crippen LogP contribution in [0.3, 0.4) is 0 Å². The van der Waals surface area contributed by atoms with E-state index < -0.39 is 0 Å². The number of carbonyl (C=O) groups excluding carboxylic acids is 2. The summed E-state index contributed by atoms with van der Waals surface area (Å²) in [5.74, 6) is 0.343. The van der Waals surface area contributed by atoms with Crippen LogP contribution in [0.5, 0.6) is 5.75 Å². The van der Waals surface area contributed by atoms with Crippen molar-refractivity contribution in [2.24, 2.45) is 0 Å². The van der Waals surface area contributed by atoms with Crippen LogP contribution < -0.4 is 15.4 Å². The first kappa shape index (κ1) is 18.9. The highest BCUT2D eigenvalue weighted by Gasteiger charge is 2.20. The summed E-state index contributed by atoms with van der Waals surface area (Å²) >= 11 is 0. The molecule has 2 aromatic carbocycles. The van der Waals surface area contributed by atoms with Crippen molar-refractivity contribution in [3.63, 3.8) is 0 Å². The summed E-state index contributed by atoms with van der Waals surface area (Å²) in [7, 11) is 0. The highest BCUT2D eigenvalue weighted by Crippen LogP contribution is 2.15. The van der Waals surface area contributed by atoms with Gasteiger partial charge in [-0.25, -0.2) is 4.39 Å². The molecule has 0 aromatic heterocycles. The molecule has 1 fully saturated rings. The summed E-state index contributed by atoms with van der Waals surface area (Å²) in [5.41, 5.74) is 1.72. The number of benzene rings is 2. The minimum absolute atomic E-state index is 0.0212. The molecule has 0 radical (unpaired) electrons. The monoisotopic (exact) mass is 370 g/mol. The number of carbonyl (C=O) groups is 2. The average molecular weight is 370 g/mol. The predicted octanol–water partition coefficient (Wildman–Crippen LogP) is 3.08. The van der Waals surface area contributed by atoms with Crippen LogP contribution in [-0.4, -0.2) is 17.9 Å². The number of piperidine rings is 1. The molecule has 0 bridgehead atoms. The Morgan fingerprint density at radius 3 is 2.74 bits per heavy atom. The quantitative estimate of drug-likeness (QED) is 0.787. The normalized spacial score (nSPS) is 16.5. The van der Waals surface area contributed by atoms with Crippen molar-refractivity contribution in [1.82, 2.24) is 10.6 Å². The van der Waals surface area contributed by atoms with Crippen molar-refractivity contribution < 1.29 is 18.7 Å². The first-order valence-electron chi connectivity index (χ1n) is 9.11. The van der Waals surface area contributed by atoms with Gasteiger partial charge in [-0.3, -0.25) is 9.59 Å². The van der Waals surface area contributed by atoms with E-state index in [9.17, 15) is 14.0 Å². The first-order chi connectivity index (χ1) is 13.1. The van der Waals surface area contributed by atoms with E-state index in [0.29, 0.717) is 31.7 Å². The maximum Gasteiger partial charge on any atom is 0.222 e. The predicted molar refractivity (Wildman–Crippen MR) is 99.4 cm³/mol. The number of nitrogens with one attached hydrogen (secondary N) is 2. The molecule has 1 aliphatic rings. The fourth-order valence-electron chi connectivity index (χ4n) is 3.03. The molecule has 2 aromatic rings. The van der Waals surface area contributed by atoms with Crippen LogP contribution in [-0.2, 0) is 22.7 Å². The zero-order valence-corrected chi connectivity index (χ0v) is 15.0. The highest BCUT2D eigenvalue weighted by atomic mass is 19.1. The molecule has 142 valence electrons. The van der Waals surface area contributed by atoms with Crippen molar-refractivity contribution in [1.29, 1.82) is 0 Å². The van der Waals surface area contributed by atoms with Crippen molar-refractivity contribution in [2.75, 3.05) is 0 Å². The summed E-state index contributed by atoms with van der Waals surface area (Å²) in [6, 6.07) is 13.6. The van der Waals surface area contributed by atoms with Gasteiger partial charge in [0.25, 0.3) is 0 Å². The second kappa shape index (κ2) is 9.16. The molecule has 27 heavy (non-hydrogen) atoms. The number of rotatable bonds is 7. The molecule has 6 heteroatoms. The van der Waals surface area contributed by atoms with E-state index in [2.05, 4.69) is 10.6 Å². The third-order valence-electron chi connectivity index (χ3n) is 4.46. The molecular formula is C21H23FN2O3. The van der Waals surface area contributed by atoms with E-state index in [4.69, 9.17) is 4.74 Å². The molecule has 1 saturated heterocycles. The van der Waals surface area contributed by atoms with E-state index >= 15 is 0 Å². The Hall–Kier alpha value is -2.89. The van der Waals surface area contributed by atoms with E-state index in [-0.39, 0.29) is 23.7 Å². The SMILES string of the molecule is O=C(CC1CCCC(=O)N1)NCc1ccc(OCc2cccc(F)c2)cc1. The lowest BCUT2D eigenvalue weighted by atomic mass is 10.0. The molecule has 1 heterocycles. The summed E-state index contributed by atoms with van der Waals surface area (Å²) in [6.45, 7) is 0.713. The Labute approximate surface area is 157 Å². The van der Waals surface area contributed by atoms with E-state index in [1.54, 1.807) is 6.07 Å². The van der Waals surface area contributed by atoms with Crippen molar-refractivity contribution in [3.8, 4) is 5.75 Å². The molecule has 2 amide bonds. The molecule has 5 nitrogen and oxygen atoms in total. The number of ether oxygens (including phenoxy) is 1. The van der Waals surface area contributed by atoms with E-state index in [0.717, 1.165) is 24.0 Å². The van der Waals surface area contributed by atoms with Gasteiger partial charge < -0.3 is 15.4 Å². The number of hydrogen-bond acceptors (Lipinski definition) is 3. The van der Waals surface area contributed by atoms with E-state index in [1.807, 2.05) is 30.3 Å². The van der Waals surface area contributed by atoms with Gasteiger partial charge in [-0.2, -0.15) is 0 Å². The van der Waals surface area contributed by atoms with Gasteiger partial charge in [-0.15, -0.1) is 0 Å². The van der Waals surface area contributed by atoms with E-state index in [1.165, 1.54) is 12.1 Å². The molecule has 1 atom stereocenters. The lowest BCUT2D eigenvalue weighted by Gasteiger charge is -2.22. The minimum Gasteiger partial charge on any atom is -0.489 e. The number of amides is 2. The van der Waals surface area contributed by atoms with Crippen LogP contribution in [0.15, 0.2) is 48.5 Å². The van der Waals surface area contributed by atoms with Crippen LogP contribution >= 0.6 is 0 Å². The van der Waals surface area contributed by atoms with Gasteiger partial charge in [0.1, 0.15) is 18.2 Å². The summed E-state index contributed by atoms with van der Waals surface area (Å²) < 4.78 is 18.8. The molecule has 0 aliphatic carbocycles. The average Bonchev–Trinajstić information content (AvgIpc) is 2.66. The van der Waals surface area contributed by atoms with Gasteiger partial charge >= 0.3 is 0 Å². The van der Waals surface area contributed by atoms with Crippen molar-refractivity contribution in [2.45, 2.75) is 44.9 Å². The Kier molecular flexibility index (Phi) is 6.41. The second-order valence-corrected chi connectivity index (χ2v) is 6.70. The minimum atomic E-state index is -0.282. The fraction of sp³-hybridized carbons (Fsp3) is 0.333. The summed E-state index contributed by atoms with van der Waals surface area (Å²) in [4.78, 5) is 23.4. The van der Waals surface area contributed by atoms with Gasteiger partial charge in [0.2, 0.25) is 11.8 Å². The summed E-state index contributed by atoms with van der Waals surface area (Å²) in [6.07, 6.45) is 2.53. The third kappa shape index (κ3) is 6.09. The molecule has 0 saturated carbocycles. The standard InChI is InChI=1S/C21H23FN2O3/c22-17-4-1-3-16(11-17)14-27-19-9-7-15(8-10-19)13-23-21(26)12-18-5-2-6-20(25)24-18/h1,3-4,7-11,18H,2,5-6,12-14H2,(H,23,26)(H,24,25). The largest absolute Gasteiger partial charge is 0.489 e. The molecule has 1 unspecified atom stereocenters. The van der Waals surface area contributed by atoms with Gasteiger partial charge in [0, 0.05) is 25.4 Å². The third-order valence-corrected chi connectivity index (χ3v) is 4.46. The van der Waals surface area contributed by atoms with Crippen molar-refractivity contribution >= 4 is 11.8 Å². The Morgan fingerprint density at radius 2 is 2.00 bits per heavy atom. The zero-order valence-electron chi connectivity index (χ0n) is 15.0. The molecule has 1 aliphatic heterocycles. The van der Waals surface area contributed by atoms with Crippen LogP contribution in [0, 0.1) is 5.82 Å². The molecule has 2 N–H and O–H groups in total. The number of hydrogen-bond donors (Lipinski definition) is 2. The van der Waals surface area contributed by atoms with Crippen LogP contribution in [0.1, 0.15) is 36.8 Å². The van der Waals surface area contributed by atoms with Crippen LogP contribution in [0.2, 0.25) is 0 Å². The zero-order chi connectivity index (χ0) is 19.1. The smallest absolute Gasteiger partial charge is 0.222 e. The molecule has 3 rings (SSSR count). The van der Waals surface area contributed by atoms with Gasteiger partial charge in [-0.1, -0.05) is 24.3 Å². The van der Waals surface area contributed by atoms with Gasteiger partial charge in [0.15, 0.2) is 0 Å².